The molecule has 5 heteroatoms. The Morgan fingerprint density at radius 1 is 1.50 bits per heavy atom. The molecule has 0 aliphatic carbocycles. The Hall–Kier alpha value is -0.650. The van der Waals surface area contributed by atoms with Crippen LogP contribution in [0.4, 0.5) is 0 Å². The van der Waals surface area contributed by atoms with Crippen LogP contribution in [0.15, 0.2) is 0 Å². The normalized spacial score (nSPS) is 26.6. The molecule has 0 aromatic rings. The highest BCUT2D eigenvalue weighted by Crippen LogP contribution is 2.35. The minimum Gasteiger partial charge on any atom is -0.372 e. The summed E-state index contributed by atoms with van der Waals surface area (Å²) in [4.78, 5) is 11.9. The zero-order chi connectivity index (χ0) is 14.4. The number of unbranched alkanes of at least 4 members (excludes halogenated alkanes) is 1. The predicted octanol–water partition coefficient (Wildman–Crippen LogP) is 1.22. The maximum Gasteiger partial charge on any atom is 0.248 e. The standard InChI is InChI=1S/C15H28N2O3/c1-3-4-7-17-14(18)12(2)20-13-10-15(19-11-13)5-8-16-9-6-15/h12-13,16H,3-11H2,1-2H3,(H,17,18). The van der Waals surface area contributed by atoms with Gasteiger partial charge in [-0.2, -0.15) is 0 Å². The van der Waals surface area contributed by atoms with Crippen molar-refractivity contribution in [1.29, 1.82) is 0 Å². The number of amides is 1. The van der Waals surface area contributed by atoms with Gasteiger partial charge >= 0.3 is 0 Å². The van der Waals surface area contributed by atoms with Crippen LogP contribution in [0.25, 0.3) is 0 Å². The van der Waals surface area contributed by atoms with Gasteiger partial charge in [-0.3, -0.25) is 4.79 Å². The van der Waals surface area contributed by atoms with Crippen molar-refractivity contribution < 1.29 is 14.3 Å². The van der Waals surface area contributed by atoms with Crippen LogP contribution in [-0.4, -0.2) is 50.0 Å². The van der Waals surface area contributed by atoms with Crippen molar-refractivity contribution in [1.82, 2.24) is 10.6 Å². The van der Waals surface area contributed by atoms with Gasteiger partial charge in [-0.25, -0.2) is 0 Å². The van der Waals surface area contributed by atoms with E-state index in [4.69, 9.17) is 9.47 Å². The van der Waals surface area contributed by atoms with Gasteiger partial charge < -0.3 is 20.1 Å². The molecule has 0 aromatic heterocycles. The summed E-state index contributed by atoms with van der Waals surface area (Å²) < 4.78 is 11.9. The van der Waals surface area contributed by atoms with Gasteiger partial charge in [-0.1, -0.05) is 13.3 Å². The molecule has 2 aliphatic rings. The molecule has 0 bridgehead atoms. The SMILES string of the molecule is CCCCNC(=O)C(C)OC1COC2(CCNCC2)C1. The molecular weight excluding hydrogens is 256 g/mol. The quantitative estimate of drug-likeness (QED) is 0.720. The Balaban J connectivity index is 1.72. The zero-order valence-corrected chi connectivity index (χ0v) is 12.7. The molecule has 20 heavy (non-hydrogen) atoms. The van der Waals surface area contributed by atoms with Crippen LogP contribution in [0.5, 0.6) is 0 Å². The van der Waals surface area contributed by atoms with Gasteiger partial charge in [0.05, 0.1) is 18.3 Å². The molecule has 2 unspecified atom stereocenters. The Labute approximate surface area is 121 Å². The molecule has 2 fully saturated rings. The Morgan fingerprint density at radius 2 is 2.25 bits per heavy atom. The number of nitrogens with one attached hydrogen (secondary N) is 2. The van der Waals surface area contributed by atoms with Crippen LogP contribution in [0.2, 0.25) is 0 Å². The van der Waals surface area contributed by atoms with E-state index in [-0.39, 0.29) is 17.6 Å². The van der Waals surface area contributed by atoms with Crippen molar-refractivity contribution in [3.05, 3.63) is 0 Å². The van der Waals surface area contributed by atoms with Crippen molar-refractivity contribution >= 4 is 5.91 Å². The molecule has 1 spiro atoms. The summed E-state index contributed by atoms with van der Waals surface area (Å²) >= 11 is 0. The van der Waals surface area contributed by atoms with E-state index >= 15 is 0 Å². The molecule has 2 saturated heterocycles. The zero-order valence-electron chi connectivity index (χ0n) is 12.7. The first-order chi connectivity index (χ1) is 9.65. The predicted molar refractivity (Wildman–Crippen MR) is 77.7 cm³/mol. The molecule has 2 heterocycles. The summed E-state index contributed by atoms with van der Waals surface area (Å²) in [6.45, 7) is 7.32. The molecule has 2 atom stereocenters. The maximum atomic E-state index is 11.9. The summed E-state index contributed by atoms with van der Waals surface area (Å²) in [6.07, 6.45) is 4.77. The number of hydrogen-bond donors (Lipinski definition) is 2. The Morgan fingerprint density at radius 3 is 2.95 bits per heavy atom. The molecule has 116 valence electrons. The van der Waals surface area contributed by atoms with Gasteiger partial charge in [-0.05, 0) is 39.3 Å². The van der Waals surface area contributed by atoms with E-state index in [1.54, 1.807) is 0 Å². The van der Waals surface area contributed by atoms with Gasteiger partial charge in [0, 0.05) is 13.0 Å². The van der Waals surface area contributed by atoms with E-state index < -0.39 is 6.10 Å². The van der Waals surface area contributed by atoms with Crippen LogP contribution in [0.3, 0.4) is 0 Å². The Bertz CT molecular complexity index is 316. The van der Waals surface area contributed by atoms with Crippen molar-refractivity contribution in [2.75, 3.05) is 26.2 Å². The highest BCUT2D eigenvalue weighted by molar-refractivity contribution is 5.80. The molecular formula is C15H28N2O3. The summed E-state index contributed by atoms with van der Waals surface area (Å²) in [5, 5.41) is 6.27. The first-order valence-electron chi connectivity index (χ1n) is 7.93. The fraction of sp³-hybridized carbons (Fsp3) is 0.933. The molecule has 2 N–H and O–H groups in total. The van der Waals surface area contributed by atoms with Gasteiger partial charge in [-0.15, -0.1) is 0 Å². The lowest BCUT2D eigenvalue weighted by molar-refractivity contribution is -0.135. The number of hydrogen-bond acceptors (Lipinski definition) is 4. The van der Waals surface area contributed by atoms with E-state index in [1.807, 2.05) is 6.92 Å². The van der Waals surface area contributed by atoms with Crippen molar-refractivity contribution in [3.8, 4) is 0 Å². The summed E-state index contributed by atoms with van der Waals surface area (Å²) in [6, 6.07) is 0. The minimum atomic E-state index is -0.391. The number of carbonyl (C=O) groups excluding carboxylic acids is 1. The highest BCUT2D eigenvalue weighted by atomic mass is 16.6. The highest BCUT2D eigenvalue weighted by Gasteiger charge is 2.42. The molecule has 5 nitrogen and oxygen atoms in total. The first-order valence-corrected chi connectivity index (χ1v) is 7.93. The summed E-state index contributed by atoms with van der Waals surface area (Å²) in [7, 11) is 0. The molecule has 1 amide bonds. The monoisotopic (exact) mass is 284 g/mol. The lowest BCUT2D eigenvalue weighted by atomic mass is 9.89. The van der Waals surface area contributed by atoms with Crippen LogP contribution in [0.1, 0.15) is 46.0 Å². The summed E-state index contributed by atoms with van der Waals surface area (Å²) in [5.41, 5.74) is -0.00563. The van der Waals surface area contributed by atoms with Crippen molar-refractivity contribution in [3.63, 3.8) is 0 Å². The van der Waals surface area contributed by atoms with E-state index in [0.717, 1.165) is 51.7 Å². The second-order valence-corrected chi connectivity index (χ2v) is 5.99. The third-order valence-corrected chi connectivity index (χ3v) is 4.29. The average Bonchev–Trinajstić information content (AvgIpc) is 2.82. The number of ether oxygens (including phenoxy) is 2. The second kappa shape index (κ2) is 7.38. The number of rotatable bonds is 6. The molecule has 0 saturated carbocycles. The fourth-order valence-electron chi connectivity index (χ4n) is 3.00. The van der Waals surface area contributed by atoms with Crippen molar-refractivity contribution in [2.45, 2.75) is 63.8 Å². The van der Waals surface area contributed by atoms with Crippen LogP contribution >= 0.6 is 0 Å². The maximum absolute atomic E-state index is 11.9. The Kier molecular flexibility index (Phi) is 5.81. The lowest BCUT2D eigenvalue weighted by Gasteiger charge is -2.32. The van der Waals surface area contributed by atoms with E-state index in [9.17, 15) is 4.79 Å². The second-order valence-electron chi connectivity index (χ2n) is 5.99. The van der Waals surface area contributed by atoms with Crippen LogP contribution < -0.4 is 10.6 Å². The fourth-order valence-corrected chi connectivity index (χ4v) is 3.00. The van der Waals surface area contributed by atoms with Gasteiger partial charge in [0.1, 0.15) is 6.10 Å². The number of piperidine rings is 1. The lowest BCUT2D eigenvalue weighted by Crippen LogP contribution is -2.42. The first kappa shape index (κ1) is 15.7. The van der Waals surface area contributed by atoms with E-state index in [0.29, 0.717) is 6.61 Å². The average molecular weight is 284 g/mol. The van der Waals surface area contributed by atoms with Gasteiger partial charge in [0.15, 0.2) is 0 Å². The largest absolute Gasteiger partial charge is 0.372 e. The van der Waals surface area contributed by atoms with Crippen LogP contribution in [0, 0.1) is 0 Å². The van der Waals surface area contributed by atoms with Crippen LogP contribution in [-0.2, 0) is 14.3 Å². The van der Waals surface area contributed by atoms with Gasteiger partial charge in [0.25, 0.3) is 0 Å². The molecule has 2 aliphatic heterocycles. The third kappa shape index (κ3) is 4.17. The number of carbonyl (C=O) groups is 1. The topological polar surface area (TPSA) is 59.6 Å². The van der Waals surface area contributed by atoms with E-state index in [1.165, 1.54) is 0 Å². The van der Waals surface area contributed by atoms with Crippen molar-refractivity contribution in [2.24, 2.45) is 0 Å². The molecule has 2 rings (SSSR count). The summed E-state index contributed by atoms with van der Waals surface area (Å²) in [5.74, 6) is -0.00953. The molecule has 0 aromatic carbocycles. The smallest absolute Gasteiger partial charge is 0.248 e. The van der Waals surface area contributed by atoms with E-state index in [2.05, 4.69) is 17.6 Å². The van der Waals surface area contributed by atoms with Gasteiger partial charge in [0.2, 0.25) is 5.91 Å². The minimum absolute atomic E-state index is 0.00563. The molecule has 0 radical (unpaired) electrons. The third-order valence-electron chi connectivity index (χ3n) is 4.29.